The van der Waals surface area contributed by atoms with Gasteiger partial charge in [-0.15, -0.1) is 23.5 Å². The maximum absolute atomic E-state index is 2.20. The molecule has 0 aromatic rings. The fraction of sp³-hybridized carbons (Fsp3) is 1.00. The minimum atomic E-state index is 0.999. The van der Waals surface area contributed by atoms with E-state index in [1.54, 1.807) is 0 Å². The fourth-order valence-electron chi connectivity index (χ4n) is 1.62. The van der Waals surface area contributed by atoms with Gasteiger partial charge in [-0.05, 0) is 36.7 Å². The van der Waals surface area contributed by atoms with Crippen molar-refractivity contribution in [2.75, 3.05) is 11.5 Å². The highest BCUT2D eigenvalue weighted by molar-refractivity contribution is 8.17. The van der Waals surface area contributed by atoms with Crippen molar-refractivity contribution in [1.29, 1.82) is 0 Å². The van der Waals surface area contributed by atoms with Gasteiger partial charge < -0.3 is 0 Å². The highest BCUT2D eigenvalue weighted by atomic mass is 32.2. The second-order valence-electron chi connectivity index (χ2n) is 2.80. The predicted molar refractivity (Wildman–Crippen MR) is 46.0 cm³/mol. The van der Waals surface area contributed by atoms with Gasteiger partial charge in [0.1, 0.15) is 0 Å². The third kappa shape index (κ3) is 1.25. The lowest BCUT2D eigenvalue weighted by Crippen LogP contribution is -2.13. The molecule has 0 saturated carbocycles. The van der Waals surface area contributed by atoms with Crippen molar-refractivity contribution in [1.82, 2.24) is 0 Å². The van der Waals surface area contributed by atoms with Crippen molar-refractivity contribution >= 4 is 23.5 Å². The average Bonchev–Trinajstić information content (AvgIpc) is 2.33. The summed E-state index contributed by atoms with van der Waals surface area (Å²) in [7, 11) is 0. The van der Waals surface area contributed by atoms with E-state index in [-0.39, 0.29) is 0 Å². The lowest BCUT2D eigenvalue weighted by molar-refractivity contribution is 0.512. The van der Waals surface area contributed by atoms with Crippen molar-refractivity contribution < 1.29 is 0 Å². The molecule has 2 atom stereocenters. The molecule has 0 N–H and O–H groups in total. The smallest absolute Gasteiger partial charge is 0.0530 e. The number of hydrogen-bond acceptors (Lipinski definition) is 2. The van der Waals surface area contributed by atoms with Crippen LogP contribution in [0, 0.1) is 5.92 Å². The van der Waals surface area contributed by atoms with Gasteiger partial charge in [-0.2, -0.15) is 0 Å². The molecule has 0 amide bonds. The average molecular weight is 160 g/mol. The molecule has 2 heterocycles. The van der Waals surface area contributed by atoms with E-state index in [2.05, 4.69) is 23.5 Å². The van der Waals surface area contributed by atoms with Crippen LogP contribution in [0.5, 0.6) is 0 Å². The highest BCUT2D eigenvalue weighted by Gasteiger charge is 2.30. The molecule has 9 heavy (non-hydrogen) atoms. The van der Waals surface area contributed by atoms with Gasteiger partial charge >= 0.3 is 0 Å². The molecule has 0 nitrogen and oxygen atoms in total. The lowest BCUT2D eigenvalue weighted by atomic mass is 10.0. The zero-order valence-corrected chi connectivity index (χ0v) is 7.14. The first-order chi connectivity index (χ1) is 4.47. The summed E-state index contributed by atoms with van der Waals surface area (Å²) in [6, 6.07) is 0. The van der Waals surface area contributed by atoms with E-state index < -0.39 is 0 Å². The molecular weight excluding hydrogens is 148 g/mol. The number of fused-ring (bicyclic) bond motifs is 1. The van der Waals surface area contributed by atoms with E-state index in [0.29, 0.717) is 0 Å². The van der Waals surface area contributed by atoms with Crippen LogP contribution in [-0.4, -0.2) is 16.1 Å². The SMILES string of the molecule is C1CSC2SCCC2C1. The molecule has 2 heteroatoms. The van der Waals surface area contributed by atoms with Gasteiger partial charge in [-0.1, -0.05) is 0 Å². The van der Waals surface area contributed by atoms with Crippen LogP contribution in [-0.2, 0) is 0 Å². The Hall–Kier alpha value is 0.700. The molecule has 0 radical (unpaired) electrons. The molecule has 0 aromatic carbocycles. The summed E-state index contributed by atoms with van der Waals surface area (Å²) in [4.78, 5) is 0. The van der Waals surface area contributed by atoms with Crippen LogP contribution in [0.2, 0.25) is 0 Å². The standard InChI is InChI=1S/C7H12S2/c1-2-6-3-5-9-7(6)8-4-1/h6-7H,1-5H2. The molecule has 0 aromatic heterocycles. The summed E-state index contributed by atoms with van der Waals surface area (Å²) < 4.78 is 0.999. The molecular formula is C7H12S2. The summed E-state index contributed by atoms with van der Waals surface area (Å²) in [5.74, 6) is 3.95. The summed E-state index contributed by atoms with van der Waals surface area (Å²) in [5, 5.41) is 0. The quantitative estimate of drug-likeness (QED) is 0.534. The summed E-state index contributed by atoms with van der Waals surface area (Å²) in [5.41, 5.74) is 0. The first kappa shape index (κ1) is 6.41. The number of thioether (sulfide) groups is 2. The first-order valence-electron chi connectivity index (χ1n) is 3.70. The van der Waals surface area contributed by atoms with Crippen LogP contribution in [0.1, 0.15) is 19.3 Å². The second kappa shape index (κ2) is 2.75. The second-order valence-corrected chi connectivity index (χ2v) is 5.60. The van der Waals surface area contributed by atoms with Gasteiger partial charge in [0.2, 0.25) is 0 Å². The van der Waals surface area contributed by atoms with Gasteiger partial charge in [0, 0.05) is 0 Å². The minimum Gasteiger partial charge on any atom is -0.147 e. The van der Waals surface area contributed by atoms with Gasteiger partial charge in [0.15, 0.2) is 0 Å². The molecule has 0 spiro atoms. The Morgan fingerprint density at radius 3 is 2.78 bits per heavy atom. The van der Waals surface area contributed by atoms with E-state index in [9.17, 15) is 0 Å². The van der Waals surface area contributed by atoms with Crippen molar-refractivity contribution in [2.24, 2.45) is 5.92 Å². The Kier molecular flexibility index (Phi) is 1.96. The third-order valence-electron chi connectivity index (χ3n) is 2.16. The van der Waals surface area contributed by atoms with Crippen LogP contribution >= 0.6 is 23.5 Å². The molecule has 0 aliphatic carbocycles. The third-order valence-corrected chi connectivity index (χ3v) is 5.40. The zero-order valence-electron chi connectivity index (χ0n) is 5.51. The van der Waals surface area contributed by atoms with E-state index in [1.165, 1.54) is 30.8 Å². The minimum absolute atomic E-state index is 0.999. The topological polar surface area (TPSA) is 0 Å². The van der Waals surface area contributed by atoms with Gasteiger partial charge in [-0.25, -0.2) is 0 Å². The Labute approximate surface area is 65.2 Å². The van der Waals surface area contributed by atoms with E-state index in [4.69, 9.17) is 0 Å². The van der Waals surface area contributed by atoms with Gasteiger partial charge in [0.25, 0.3) is 0 Å². The molecule has 2 saturated heterocycles. The summed E-state index contributed by atoms with van der Waals surface area (Å²) in [6.45, 7) is 0. The number of hydrogen-bond donors (Lipinski definition) is 0. The maximum atomic E-state index is 2.20. The first-order valence-corrected chi connectivity index (χ1v) is 5.80. The molecule has 52 valence electrons. The normalized spacial score (nSPS) is 42.7. The molecule has 2 unspecified atom stereocenters. The van der Waals surface area contributed by atoms with Crippen LogP contribution in [0.3, 0.4) is 0 Å². The summed E-state index contributed by atoms with van der Waals surface area (Å²) >= 11 is 4.39. The van der Waals surface area contributed by atoms with Gasteiger partial charge in [0.05, 0.1) is 4.58 Å². The predicted octanol–water partition coefficient (Wildman–Crippen LogP) is 2.59. The molecule has 2 aliphatic rings. The van der Waals surface area contributed by atoms with E-state index in [1.807, 2.05) is 0 Å². The lowest BCUT2D eigenvalue weighted by Gasteiger charge is -2.22. The summed E-state index contributed by atoms with van der Waals surface area (Å²) in [6.07, 6.45) is 4.50. The fourth-order valence-corrected chi connectivity index (χ4v) is 4.91. The highest BCUT2D eigenvalue weighted by Crippen LogP contribution is 2.45. The zero-order chi connectivity index (χ0) is 6.10. The Morgan fingerprint density at radius 1 is 1.00 bits per heavy atom. The Morgan fingerprint density at radius 2 is 1.89 bits per heavy atom. The molecule has 2 rings (SSSR count). The molecule has 2 aliphatic heterocycles. The monoisotopic (exact) mass is 160 g/mol. The largest absolute Gasteiger partial charge is 0.147 e. The van der Waals surface area contributed by atoms with Gasteiger partial charge in [-0.3, -0.25) is 0 Å². The number of rotatable bonds is 0. The van der Waals surface area contributed by atoms with Crippen LogP contribution in [0.15, 0.2) is 0 Å². The van der Waals surface area contributed by atoms with Crippen molar-refractivity contribution in [3.8, 4) is 0 Å². The Bertz CT molecular complexity index is 91.1. The van der Waals surface area contributed by atoms with Crippen molar-refractivity contribution in [3.63, 3.8) is 0 Å². The van der Waals surface area contributed by atoms with Crippen LogP contribution in [0.4, 0.5) is 0 Å². The Balaban J connectivity index is 1.97. The van der Waals surface area contributed by atoms with Crippen LogP contribution in [0.25, 0.3) is 0 Å². The van der Waals surface area contributed by atoms with Crippen LogP contribution < -0.4 is 0 Å². The maximum Gasteiger partial charge on any atom is 0.0530 e. The van der Waals surface area contributed by atoms with Crippen molar-refractivity contribution in [3.05, 3.63) is 0 Å². The molecule has 0 bridgehead atoms. The van der Waals surface area contributed by atoms with E-state index >= 15 is 0 Å². The van der Waals surface area contributed by atoms with E-state index in [0.717, 1.165) is 10.5 Å². The van der Waals surface area contributed by atoms with Crippen molar-refractivity contribution in [2.45, 2.75) is 23.8 Å². The molecule has 2 fully saturated rings.